The molecule has 0 aliphatic carbocycles. The SMILES string of the molecule is C=CCN=C(c1ccc(F)cc1)C(Cl)(Cl)P(=O)(OCC)OCC. The first-order chi connectivity index (χ1) is 10.8. The summed E-state index contributed by atoms with van der Waals surface area (Å²) >= 11 is 12.7. The van der Waals surface area contributed by atoms with Crippen molar-refractivity contribution in [2.45, 2.75) is 17.9 Å². The standard InChI is InChI=1S/C15H19Cl2FNO3P/c1-4-11-19-14(12-7-9-13(18)10-8-12)15(16,17)23(20,21-5-2)22-6-3/h4,7-10H,1,5-6,11H2,2-3H3. The van der Waals surface area contributed by atoms with Crippen molar-refractivity contribution in [3.63, 3.8) is 0 Å². The van der Waals surface area contributed by atoms with Gasteiger partial charge in [-0.25, -0.2) is 4.39 Å². The first kappa shape index (κ1) is 20.3. The highest BCUT2D eigenvalue weighted by Gasteiger charge is 2.53. The Balaban J connectivity index is 3.41. The molecule has 0 unspecified atom stereocenters. The molecule has 4 nitrogen and oxygen atoms in total. The molecule has 0 amide bonds. The fourth-order valence-corrected chi connectivity index (χ4v) is 4.25. The molecule has 128 valence electrons. The molecule has 1 rings (SSSR count). The molecule has 0 saturated carbocycles. The Hall–Kier alpha value is -0.710. The van der Waals surface area contributed by atoms with Gasteiger partial charge in [0.1, 0.15) is 5.82 Å². The molecule has 0 N–H and O–H groups in total. The minimum Gasteiger partial charge on any atom is -0.306 e. The van der Waals surface area contributed by atoms with Gasteiger partial charge in [0.25, 0.3) is 4.07 Å². The van der Waals surface area contributed by atoms with Gasteiger partial charge in [0.05, 0.1) is 25.5 Å². The third kappa shape index (κ3) is 4.88. The highest BCUT2D eigenvalue weighted by Crippen LogP contribution is 2.65. The van der Waals surface area contributed by atoms with Crippen LogP contribution in [0, 0.1) is 5.82 Å². The van der Waals surface area contributed by atoms with Gasteiger partial charge in [0.2, 0.25) is 0 Å². The Kier molecular flexibility index (Phi) is 7.91. The summed E-state index contributed by atoms with van der Waals surface area (Å²) in [6, 6.07) is 5.35. The van der Waals surface area contributed by atoms with Crippen LogP contribution in [0.15, 0.2) is 41.9 Å². The fraction of sp³-hybridized carbons (Fsp3) is 0.400. The number of benzene rings is 1. The van der Waals surface area contributed by atoms with Gasteiger partial charge in [-0.2, -0.15) is 0 Å². The van der Waals surface area contributed by atoms with Crippen LogP contribution in [0.5, 0.6) is 0 Å². The van der Waals surface area contributed by atoms with E-state index in [0.717, 1.165) is 0 Å². The lowest BCUT2D eigenvalue weighted by Gasteiger charge is -2.30. The van der Waals surface area contributed by atoms with Crippen molar-refractivity contribution in [1.82, 2.24) is 0 Å². The molecule has 0 aromatic heterocycles. The van der Waals surface area contributed by atoms with E-state index in [9.17, 15) is 8.96 Å². The van der Waals surface area contributed by atoms with Gasteiger partial charge in [-0.3, -0.25) is 9.56 Å². The lowest BCUT2D eigenvalue weighted by atomic mass is 10.1. The van der Waals surface area contributed by atoms with E-state index in [1.165, 1.54) is 30.3 Å². The maximum atomic E-state index is 13.1. The van der Waals surface area contributed by atoms with Crippen LogP contribution in [0.3, 0.4) is 0 Å². The van der Waals surface area contributed by atoms with Crippen LogP contribution in [-0.4, -0.2) is 29.5 Å². The zero-order valence-corrected chi connectivity index (χ0v) is 15.4. The molecule has 0 atom stereocenters. The molecule has 0 heterocycles. The zero-order chi connectivity index (χ0) is 17.5. The zero-order valence-electron chi connectivity index (χ0n) is 13.0. The Morgan fingerprint density at radius 1 is 1.30 bits per heavy atom. The molecule has 8 heteroatoms. The summed E-state index contributed by atoms with van der Waals surface area (Å²) in [5, 5.41) is 0. The molecular formula is C15H19Cl2FNO3P. The van der Waals surface area contributed by atoms with Crippen LogP contribution >= 0.6 is 30.8 Å². The van der Waals surface area contributed by atoms with Gasteiger partial charge in [0.15, 0.2) is 0 Å². The van der Waals surface area contributed by atoms with Gasteiger partial charge in [-0.15, -0.1) is 6.58 Å². The smallest absolute Gasteiger partial charge is 0.306 e. The first-order valence-corrected chi connectivity index (χ1v) is 9.31. The number of hydrogen-bond donors (Lipinski definition) is 0. The lowest BCUT2D eigenvalue weighted by Crippen LogP contribution is -2.30. The quantitative estimate of drug-likeness (QED) is 0.255. The highest BCUT2D eigenvalue weighted by atomic mass is 35.5. The molecule has 0 radical (unpaired) electrons. The molecule has 23 heavy (non-hydrogen) atoms. The van der Waals surface area contributed by atoms with E-state index in [0.29, 0.717) is 5.56 Å². The molecular weight excluding hydrogens is 363 g/mol. The number of alkyl halides is 2. The van der Waals surface area contributed by atoms with E-state index >= 15 is 0 Å². The van der Waals surface area contributed by atoms with Crippen LogP contribution in [0.25, 0.3) is 0 Å². The molecule has 0 fully saturated rings. The van der Waals surface area contributed by atoms with Crippen molar-refractivity contribution in [3.8, 4) is 0 Å². The second-order valence-corrected chi connectivity index (χ2v) is 8.40. The largest absolute Gasteiger partial charge is 0.372 e. The summed E-state index contributed by atoms with van der Waals surface area (Å²) < 4.78 is 34.6. The summed E-state index contributed by atoms with van der Waals surface area (Å²) in [6.07, 6.45) is 1.53. The van der Waals surface area contributed by atoms with Gasteiger partial charge < -0.3 is 9.05 Å². The predicted octanol–water partition coefficient (Wildman–Crippen LogP) is 5.20. The highest BCUT2D eigenvalue weighted by molar-refractivity contribution is 7.61. The normalized spacial score (nSPS) is 13.2. The number of nitrogens with zero attached hydrogens (tertiary/aromatic N) is 1. The average Bonchev–Trinajstić information content (AvgIpc) is 2.49. The summed E-state index contributed by atoms with van der Waals surface area (Å²) in [5.74, 6) is -0.427. The second kappa shape index (κ2) is 8.95. The minimum atomic E-state index is -3.92. The van der Waals surface area contributed by atoms with Crippen molar-refractivity contribution in [3.05, 3.63) is 48.3 Å². The average molecular weight is 382 g/mol. The monoisotopic (exact) mass is 381 g/mol. The number of rotatable bonds is 9. The predicted molar refractivity (Wildman–Crippen MR) is 93.3 cm³/mol. The Labute approximate surface area is 145 Å². The van der Waals surface area contributed by atoms with E-state index in [1.54, 1.807) is 13.8 Å². The summed E-state index contributed by atoms with van der Waals surface area (Å²) in [5.41, 5.74) is 0.490. The van der Waals surface area contributed by atoms with Crippen LogP contribution in [0.1, 0.15) is 19.4 Å². The summed E-state index contributed by atoms with van der Waals surface area (Å²) in [6.45, 7) is 7.24. The van der Waals surface area contributed by atoms with E-state index in [2.05, 4.69) is 11.6 Å². The van der Waals surface area contributed by atoms with E-state index in [4.69, 9.17) is 32.2 Å². The van der Waals surface area contributed by atoms with Gasteiger partial charge in [-0.05, 0) is 31.5 Å². The lowest BCUT2D eigenvalue weighted by molar-refractivity contribution is 0.219. The molecule has 0 spiro atoms. The van der Waals surface area contributed by atoms with Crippen molar-refractivity contribution in [2.24, 2.45) is 4.99 Å². The van der Waals surface area contributed by atoms with Gasteiger partial charge in [-0.1, -0.05) is 41.4 Å². The number of aliphatic imine (C=N–C) groups is 1. The number of halogens is 3. The summed E-state index contributed by atoms with van der Waals surface area (Å²) in [7, 11) is -3.92. The first-order valence-electron chi connectivity index (χ1n) is 7.01. The van der Waals surface area contributed by atoms with Crippen molar-refractivity contribution < 1.29 is 18.0 Å². The van der Waals surface area contributed by atoms with E-state index in [1.807, 2.05) is 0 Å². The topological polar surface area (TPSA) is 47.9 Å². The third-order valence-electron chi connectivity index (χ3n) is 2.72. The second-order valence-electron chi connectivity index (χ2n) is 4.36. The number of hydrogen-bond acceptors (Lipinski definition) is 4. The van der Waals surface area contributed by atoms with Crippen LogP contribution < -0.4 is 0 Å². The minimum absolute atomic E-state index is 0.0750. The molecule has 0 aliphatic rings. The van der Waals surface area contributed by atoms with Crippen LogP contribution in [-0.2, 0) is 13.6 Å². The molecule has 0 aliphatic heterocycles. The molecule has 0 bridgehead atoms. The van der Waals surface area contributed by atoms with Gasteiger partial charge in [0, 0.05) is 0 Å². The maximum absolute atomic E-state index is 13.1. The van der Waals surface area contributed by atoms with E-state index < -0.39 is 17.5 Å². The van der Waals surface area contributed by atoms with Gasteiger partial charge >= 0.3 is 7.60 Å². The van der Waals surface area contributed by atoms with Crippen molar-refractivity contribution in [2.75, 3.05) is 19.8 Å². The van der Waals surface area contributed by atoms with Crippen LogP contribution in [0.2, 0.25) is 0 Å². The van der Waals surface area contributed by atoms with Crippen molar-refractivity contribution in [1.29, 1.82) is 0 Å². The maximum Gasteiger partial charge on any atom is 0.372 e. The molecule has 1 aromatic carbocycles. The molecule has 1 aromatic rings. The van der Waals surface area contributed by atoms with E-state index in [-0.39, 0.29) is 25.5 Å². The molecule has 0 saturated heterocycles. The van der Waals surface area contributed by atoms with Crippen molar-refractivity contribution >= 4 is 36.5 Å². The Morgan fingerprint density at radius 3 is 2.26 bits per heavy atom. The Bertz CT molecular complexity index is 595. The summed E-state index contributed by atoms with van der Waals surface area (Å²) in [4.78, 5) is 4.22. The van der Waals surface area contributed by atoms with Crippen LogP contribution in [0.4, 0.5) is 4.39 Å². The third-order valence-corrected chi connectivity index (χ3v) is 6.42. The fourth-order valence-electron chi connectivity index (χ4n) is 1.79. The Morgan fingerprint density at radius 2 is 1.83 bits per heavy atom.